The maximum Gasteiger partial charge on any atom is 0.267 e. The summed E-state index contributed by atoms with van der Waals surface area (Å²) in [5.74, 6) is -0.00354. The summed E-state index contributed by atoms with van der Waals surface area (Å²) in [6.45, 7) is 5.15. The van der Waals surface area contributed by atoms with E-state index >= 15 is 0 Å². The first-order valence-corrected chi connectivity index (χ1v) is 7.38. The minimum absolute atomic E-state index is 0.00354. The average Bonchev–Trinajstić information content (AvgIpc) is 2.94. The van der Waals surface area contributed by atoms with E-state index in [2.05, 4.69) is 9.59 Å². The van der Waals surface area contributed by atoms with Gasteiger partial charge in [0, 0.05) is 18.8 Å². The summed E-state index contributed by atoms with van der Waals surface area (Å²) in [5.41, 5.74) is 8.23. The quantitative estimate of drug-likeness (QED) is 0.858. The summed E-state index contributed by atoms with van der Waals surface area (Å²) < 4.78 is 3.88. The van der Waals surface area contributed by atoms with Crippen LogP contribution < -0.4 is 5.73 Å². The fourth-order valence-electron chi connectivity index (χ4n) is 1.92. The Bertz CT molecular complexity index is 579. The molecule has 2 rings (SSSR count). The number of aromatic nitrogens is 2. The zero-order chi connectivity index (χ0) is 14.5. The van der Waals surface area contributed by atoms with Crippen molar-refractivity contribution in [3.05, 3.63) is 40.4 Å². The van der Waals surface area contributed by atoms with E-state index in [4.69, 9.17) is 5.73 Å². The maximum atomic E-state index is 12.5. The molecular formula is C14H18N4OS. The second-order valence-corrected chi connectivity index (χ2v) is 5.22. The average molecular weight is 290 g/mol. The number of nitrogens with two attached hydrogens (primary N) is 1. The molecule has 1 aromatic carbocycles. The smallest absolute Gasteiger partial charge is 0.267 e. The molecule has 0 aliphatic carbocycles. The number of carbonyl (C=O) groups excluding carboxylic acids is 1. The molecule has 0 aliphatic heterocycles. The largest absolute Gasteiger partial charge is 0.399 e. The van der Waals surface area contributed by atoms with Gasteiger partial charge in [-0.25, -0.2) is 0 Å². The molecule has 5 nitrogen and oxygen atoms in total. The van der Waals surface area contributed by atoms with Crippen LogP contribution in [-0.2, 0) is 13.0 Å². The van der Waals surface area contributed by atoms with Crippen molar-refractivity contribution < 1.29 is 4.79 Å². The Labute approximate surface area is 122 Å². The van der Waals surface area contributed by atoms with Crippen molar-refractivity contribution >= 4 is 23.1 Å². The Balaban J connectivity index is 2.15. The van der Waals surface area contributed by atoms with E-state index in [1.807, 2.05) is 38.1 Å². The molecule has 0 fully saturated rings. The third-order valence-corrected chi connectivity index (χ3v) is 3.86. The van der Waals surface area contributed by atoms with Gasteiger partial charge in [-0.3, -0.25) is 4.79 Å². The second kappa shape index (κ2) is 6.47. The molecular weight excluding hydrogens is 272 g/mol. The van der Waals surface area contributed by atoms with Crippen molar-refractivity contribution in [2.45, 2.75) is 26.8 Å². The van der Waals surface area contributed by atoms with Gasteiger partial charge in [-0.15, -0.1) is 5.10 Å². The highest BCUT2D eigenvalue weighted by Gasteiger charge is 2.20. The van der Waals surface area contributed by atoms with Crippen LogP contribution in [0.1, 0.15) is 34.8 Å². The molecule has 2 aromatic rings. The predicted octanol–water partition coefficient (Wildman–Crippen LogP) is 2.35. The minimum Gasteiger partial charge on any atom is -0.399 e. The molecule has 20 heavy (non-hydrogen) atoms. The van der Waals surface area contributed by atoms with Crippen LogP contribution in [-0.4, -0.2) is 26.9 Å². The van der Waals surface area contributed by atoms with E-state index in [9.17, 15) is 4.79 Å². The number of hydrogen-bond acceptors (Lipinski definition) is 5. The Morgan fingerprint density at radius 2 is 2.00 bits per heavy atom. The highest BCUT2D eigenvalue weighted by atomic mass is 32.1. The Hall–Kier alpha value is -1.95. The number of hydrogen-bond donors (Lipinski definition) is 1. The number of aryl methyl sites for hydroxylation is 1. The van der Waals surface area contributed by atoms with E-state index in [-0.39, 0.29) is 5.91 Å². The van der Waals surface area contributed by atoms with Gasteiger partial charge in [0.15, 0.2) is 0 Å². The molecule has 2 N–H and O–H groups in total. The van der Waals surface area contributed by atoms with Crippen LogP contribution in [0.4, 0.5) is 5.69 Å². The number of benzene rings is 1. The molecule has 0 aliphatic rings. The molecule has 0 unspecified atom stereocenters. The zero-order valence-corrected chi connectivity index (χ0v) is 12.5. The van der Waals surface area contributed by atoms with Crippen LogP contribution in [0.2, 0.25) is 0 Å². The monoisotopic (exact) mass is 290 g/mol. The van der Waals surface area contributed by atoms with Gasteiger partial charge in [-0.05, 0) is 42.6 Å². The minimum atomic E-state index is -0.00354. The van der Waals surface area contributed by atoms with E-state index < -0.39 is 0 Å². The van der Waals surface area contributed by atoms with Crippen molar-refractivity contribution in [3.63, 3.8) is 0 Å². The van der Waals surface area contributed by atoms with Crippen molar-refractivity contribution in [2.75, 3.05) is 12.3 Å². The van der Waals surface area contributed by atoms with Gasteiger partial charge in [0.2, 0.25) is 0 Å². The number of nitrogen functional groups attached to an aromatic ring is 1. The summed E-state index contributed by atoms with van der Waals surface area (Å²) in [6.07, 6.45) is 0.719. The second-order valence-electron chi connectivity index (χ2n) is 4.46. The van der Waals surface area contributed by atoms with Gasteiger partial charge in [0.1, 0.15) is 4.88 Å². The number of anilines is 1. The Morgan fingerprint density at radius 1 is 1.30 bits per heavy atom. The molecule has 1 heterocycles. The van der Waals surface area contributed by atoms with Crippen LogP contribution in [0.25, 0.3) is 0 Å². The molecule has 0 bridgehead atoms. The van der Waals surface area contributed by atoms with Crippen LogP contribution >= 0.6 is 11.5 Å². The number of carbonyl (C=O) groups is 1. The van der Waals surface area contributed by atoms with Crippen molar-refractivity contribution in [1.82, 2.24) is 14.5 Å². The van der Waals surface area contributed by atoms with Gasteiger partial charge in [-0.2, -0.15) is 0 Å². The van der Waals surface area contributed by atoms with Crippen LogP contribution in [0.3, 0.4) is 0 Å². The van der Waals surface area contributed by atoms with Crippen LogP contribution in [0.15, 0.2) is 24.3 Å². The van der Waals surface area contributed by atoms with Gasteiger partial charge in [0.25, 0.3) is 5.91 Å². The summed E-state index contributed by atoms with van der Waals surface area (Å²) in [6, 6.07) is 7.58. The summed E-state index contributed by atoms with van der Waals surface area (Å²) in [5, 5.41) is 4.00. The standard InChI is InChI=1S/C14H18N4OS/c1-3-12-13(20-17-16-12)14(19)18(4-2)9-10-5-7-11(15)8-6-10/h5-8H,3-4,9,15H2,1-2H3. The predicted molar refractivity (Wildman–Crippen MR) is 80.6 cm³/mol. The highest BCUT2D eigenvalue weighted by molar-refractivity contribution is 7.07. The molecule has 0 radical (unpaired) electrons. The van der Waals surface area contributed by atoms with Gasteiger partial charge < -0.3 is 10.6 Å². The lowest BCUT2D eigenvalue weighted by atomic mass is 10.2. The van der Waals surface area contributed by atoms with Crippen molar-refractivity contribution in [2.24, 2.45) is 0 Å². The summed E-state index contributed by atoms with van der Waals surface area (Å²) in [4.78, 5) is 15.0. The van der Waals surface area contributed by atoms with Gasteiger partial charge >= 0.3 is 0 Å². The number of amides is 1. The molecule has 0 spiro atoms. The number of rotatable bonds is 5. The molecule has 0 saturated heterocycles. The molecule has 1 amide bonds. The van der Waals surface area contributed by atoms with Crippen LogP contribution in [0.5, 0.6) is 0 Å². The number of nitrogens with zero attached hydrogens (tertiary/aromatic N) is 3. The first kappa shape index (κ1) is 14.5. The SMILES string of the molecule is CCc1nnsc1C(=O)N(CC)Cc1ccc(N)cc1. The summed E-state index contributed by atoms with van der Waals surface area (Å²) in [7, 11) is 0. The molecule has 106 valence electrons. The molecule has 6 heteroatoms. The third-order valence-electron chi connectivity index (χ3n) is 3.11. The van der Waals surface area contributed by atoms with Crippen molar-refractivity contribution in [3.8, 4) is 0 Å². The normalized spacial score (nSPS) is 10.5. The molecule has 1 aromatic heterocycles. The van der Waals surface area contributed by atoms with E-state index in [0.29, 0.717) is 18.0 Å². The Morgan fingerprint density at radius 3 is 2.60 bits per heavy atom. The maximum absolute atomic E-state index is 12.5. The molecule has 0 saturated carbocycles. The lowest BCUT2D eigenvalue weighted by Crippen LogP contribution is -2.30. The zero-order valence-electron chi connectivity index (χ0n) is 11.7. The van der Waals surface area contributed by atoms with E-state index in [1.54, 1.807) is 4.90 Å². The van der Waals surface area contributed by atoms with Crippen LogP contribution in [0, 0.1) is 0 Å². The lowest BCUT2D eigenvalue weighted by molar-refractivity contribution is 0.0756. The lowest BCUT2D eigenvalue weighted by Gasteiger charge is -2.20. The first-order chi connectivity index (χ1) is 9.65. The molecule has 0 atom stereocenters. The fraction of sp³-hybridized carbons (Fsp3) is 0.357. The van der Waals surface area contributed by atoms with E-state index in [0.717, 1.165) is 23.4 Å². The first-order valence-electron chi connectivity index (χ1n) is 6.60. The Kier molecular flexibility index (Phi) is 4.68. The van der Waals surface area contributed by atoms with Gasteiger partial charge in [0.05, 0.1) is 5.69 Å². The van der Waals surface area contributed by atoms with Crippen molar-refractivity contribution in [1.29, 1.82) is 0 Å². The topological polar surface area (TPSA) is 72.1 Å². The fourth-order valence-corrected chi connectivity index (χ4v) is 2.64. The van der Waals surface area contributed by atoms with Gasteiger partial charge in [-0.1, -0.05) is 23.5 Å². The highest BCUT2D eigenvalue weighted by Crippen LogP contribution is 2.16. The summed E-state index contributed by atoms with van der Waals surface area (Å²) >= 11 is 1.17. The van der Waals surface area contributed by atoms with E-state index in [1.165, 1.54) is 11.5 Å². The third kappa shape index (κ3) is 3.14.